The molecule has 8 nitrogen and oxygen atoms in total. The van der Waals surface area contributed by atoms with Crippen LogP contribution < -0.4 is 15.9 Å². The quantitative estimate of drug-likeness (QED) is 0.476. The lowest BCUT2D eigenvalue weighted by molar-refractivity contribution is 0.0925. The van der Waals surface area contributed by atoms with Gasteiger partial charge in [-0.15, -0.1) is 0 Å². The molecule has 0 bridgehead atoms. The first-order valence-corrected chi connectivity index (χ1v) is 10.2. The van der Waals surface area contributed by atoms with Crippen LogP contribution in [-0.2, 0) is 0 Å². The van der Waals surface area contributed by atoms with E-state index in [4.69, 9.17) is 0 Å². The molecule has 1 aliphatic rings. The smallest absolute Gasteiger partial charge is 0.322 e. The number of aromatic amines is 1. The Morgan fingerprint density at radius 1 is 0.818 bits per heavy atom. The van der Waals surface area contributed by atoms with Gasteiger partial charge in [0.15, 0.2) is 0 Å². The second-order valence-corrected chi connectivity index (χ2v) is 7.61. The van der Waals surface area contributed by atoms with Gasteiger partial charge in [-0.3, -0.25) is 19.0 Å². The highest BCUT2D eigenvalue weighted by Gasteiger charge is 2.36. The van der Waals surface area contributed by atoms with Crippen LogP contribution >= 0.6 is 0 Å². The summed E-state index contributed by atoms with van der Waals surface area (Å²) in [5.74, 6) is -1.16. The minimum atomic E-state index is -0.398. The maximum Gasteiger partial charge on any atom is 0.330 e. The summed E-state index contributed by atoms with van der Waals surface area (Å²) in [6.45, 7) is 1.81. The number of fused-ring (bicyclic) bond motifs is 1. The van der Waals surface area contributed by atoms with Crippen LogP contribution in [0.15, 0.2) is 83.8 Å². The topological polar surface area (TPSA) is 104 Å². The predicted molar refractivity (Wildman–Crippen MR) is 123 cm³/mol. The molecule has 8 heteroatoms. The fraction of sp³-hybridized carbons (Fsp3) is 0.0400. The number of carbonyl (C=O) groups excluding carboxylic acids is 3. The van der Waals surface area contributed by atoms with Gasteiger partial charge >= 0.3 is 5.69 Å². The zero-order valence-electron chi connectivity index (χ0n) is 17.5. The van der Waals surface area contributed by atoms with Gasteiger partial charge in [0, 0.05) is 23.1 Å². The molecule has 0 saturated heterocycles. The number of carbonyl (C=O) groups is 3. The number of anilines is 2. The van der Waals surface area contributed by atoms with E-state index >= 15 is 0 Å². The normalized spacial score (nSPS) is 12.7. The molecule has 33 heavy (non-hydrogen) atoms. The molecule has 0 saturated carbocycles. The molecule has 0 aliphatic carbocycles. The Hall–Kier alpha value is -4.72. The van der Waals surface area contributed by atoms with Crippen molar-refractivity contribution in [3.8, 4) is 5.69 Å². The van der Waals surface area contributed by atoms with Crippen molar-refractivity contribution >= 4 is 29.1 Å². The molecule has 1 aliphatic heterocycles. The van der Waals surface area contributed by atoms with Crippen molar-refractivity contribution in [2.24, 2.45) is 0 Å². The summed E-state index contributed by atoms with van der Waals surface area (Å²) in [6, 6.07) is 19.8. The summed E-state index contributed by atoms with van der Waals surface area (Å²) in [4.78, 5) is 53.9. The van der Waals surface area contributed by atoms with Gasteiger partial charge in [-0.1, -0.05) is 18.2 Å². The number of hydrogen-bond donors (Lipinski definition) is 2. The minimum absolute atomic E-state index is 0.255. The van der Waals surface area contributed by atoms with Crippen LogP contribution in [0.5, 0.6) is 0 Å². The van der Waals surface area contributed by atoms with Gasteiger partial charge in [-0.05, 0) is 61.5 Å². The van der Waals surface area contributed by atoms with Gasteiger partial charge in [0.25, 0.3) is 17.7 Å². The number of aryl methyl sites for hydroxylation is 1. The van der Waals surface area contributed by atoms with Crippen molar-refractivity contribution in [2.75, 3.05) is 10.2 Å². The third-order valence-electron chi connectivity index (χ3n) is 5.50. The Balaban J connectivity index is 1.36. The van der Waals surface area contributed by atoms with Crippen LogP contribution in [0, 0.1) is 6.92 Å². The highest BCUT2D eigenvalue weighted by molar-refractivity contribution is 6.34. The molecule has 0 radical (unpaired) electrons. The van der Waals surface area contributed by atoms with E-state index in [2.05, 4.69) is 10.3 Å². The molecule has 162 valence electrons. The van der Waals surface area contributed by atoms with Crippen LogP contribution in [0.1, 0.15) is 36.8 Å². The summed E-state index contributed by atoms with van der Waals surface area (Å²) >= 11 is 0. The molecule has 0 fully saturated rings. The van der Waals surface area contributed by atoms with E-state index in [0.29, 0.717) is 33.8 Å². The number of aromatic nitrogens is 2. The second kappa shape index (κ2) is 7.76. The Morgan fingerprint density at radius 2 is 1.48 bits per heavy atom. The zero-order valence-corrected chi connectivity index (χ0v) is 17.5. The molecule has 5 rings (SSSR count). The molecule has 4 aromatic rings. The Bertz CT molecular complexity index is 1450. The molecule has 2 heterocycles. The largest absolute Gasteiger partial charge is 0.330 e. The molecule has 0 unspecified atom stereocenters. The number of benzene rings is 3. The van der Waals surface area contributed by atoms with Crippen molar-refractivity contribution in [3.63, 3.8) is 0 Å². The van der Waals surface area contributed by atoms with E-state index in [9.17, 15) is 19.2 Å². The van der Waals surface area contributed by atoms with Gasteiger partial charge in [-0.25, -0.2) is 9.69 Å². The molecule has 0 atom stereocenters. The van der Waals surface area contributed by atoms with Crippen LogP contribution in [0.4, 0.5) is 11.4 Å². The van der Waals surface area contributed by atoms with E-state index in [-0.39, 0.29) is 11.6 Å². The summed E-state index contributed by atoms with van der Waals surface area (Å²) in [5, 5.41) is 2.79. The summed E-state index contributed by atoms with van der Waals surface area (Å²) < 4.78 is 1.51. The number of amides is 3. The Kier molecular flexibility index (Phi) is 4.75. The second-order valence-electron chi connectivity index (χ2n) is 7.61. The molecule has 2 N–H and O–H groups in total. The standard InChI is InChI=1S/C25H18N4O4/c1-15-14-26-25(33)28(15)18-11-9-16(10-12-18)22(30)27-17-5-4-6-19(13-17)29-23(31)20-7-2-3-8-21(20)24(29)32/h2-14H,1H3,(H,26,33)(H,27,30). The molecule has 1 aromatic heterocycles. The lowest BCUT2D eigenvalue weighted by Crippen LogP contribution is -2.29. The van der Waals surface area contributed by atoms with Crippen molar-refractivity contribution < 1.29 is 14.4 Å². The van der Waals surface area contributed by atoms with Gasteiger partial charge in [0.1, 0.15) is 0 Å². The Morgan fingerprint density at radius 3 is 2.09 bits per heavy atom. The highest BCUT2D eigenvalue weighted by Crippen LogP contribution is 2.29. The average Bonchev–Trinajstić information content (AvgIpc) is 3.29. The van der Waals surface area contributed by atoms with Crippen molar-refractivity contribution in [3.05, 3.63) is 112 Å². The average molecular weight is 438 g/mol. The maximum absolute atomic E-state index is 12.8. The van der Waals surface area contributed by atoms with Crippen LogP contribution in [0.2, 0.25) is 0 Å². The van der Waals surface area contributed by atoms with E-state index in [1.165, 1.54) is 4.57 Å². The van der Waals surface area contributed by atoms with Gasteiger partial charge in [-0.2, -0.15) is 0 Å². The number of rotatable bonds is 4. The lowest BCUT2D eigenvalue weighted by atomic mass is 10.1. The first-order chi connectivity index (χ1) is 15.9. The maximum atomic E-state index is 12.8. The predicted octanol–water partition coefficient (Wildman–Crippen LogP) is 3.53. The van der Waals surface area contributed by atoms with Gasteiger partial charge < -0.3 is 10.3 Å². The molecule has 3 amide bonds. The summed E-state index contributed by atoms with van der Waals surface area (Å²) in [6.07, 6.45) is 1.62. The van der Waals surface area contributed by atoms with Gasteiger partial charge in [0.2, 0.25) is 0 Å². The molecule has 0 spiro atoms. The number of hydrogen-bond acceptors (Lipinski definition) is 4. The number of nitrogens with one attached hydrogen (secondary N) is 2. The van der Waals surface area contributed by atoms with Crippen LogP contribution in [0.3, 0.4) is 0 Å². The number of nitrogens with zero attached hydrogens (tertiary/aromatic N) is 2. The molecular formula is C25H18N4O4. The van der Waals surface area contributed by atoms with Crippen molar-refractivity contribution in [1.29, 1.82) is 0 Å². The Labute approximate surface area is 188 Å². The highest BCUT2D eigenvalue weighted by atomic mass is 16.2. The summed E-state index contributed by atoms with van der Waals surface area (Å²) in [7, 11) is 0. The lowest BCUT2D eigenvalue weighted by Gasteiger charge is -2.15. The first-order valence-electron chi connectivity index (χ1n) is 10.2. The zero-order chi connectivity index (χ0) is 23.1. The van der Waals surface area contributed by atoms with Crippen molar-refractivity contribution in [2.45, 2.75) is 6.92 Å². The van der Waals surface area contributed by atoms with E-state index < -0.39 is 11.8 Å². The SMILES string of the molecule is Cc1c[nH]c(=O)n1-c1ccc(C(=O)Nc2cccc(N3C(=O)c4ccccc4C3=O)c2)cc1. The van der Waals surface area contributed by atoms with Crippen molar-refractivity contribution in [1.82, 2.24) is 9.55 Å². The molecular weight excluding hydrogens is 420 g/mol. The fourth-order valence-corrected chi connectivity index (χ4v) is 3.89. The first kappa shape index (κ1) is 20.2. The fourth-order valence-electron chi connectivity index (χ4n) is 3.89. The number of H-pyrrole nitrogens is 1. The number of imide groups is 1. The van der Waals surface area contributed by atoms with Crippen LogP contribution in [-0.4, -0.2) is 27.3 Å². The van der Waals surface area contributed by atoms with Crippen LogP contribution in [0.25, 0.3) is 5.69 Å². The summed E-state index contributed by atoms with van der Waals surface area (Å²) in [5.41, 5.74) is 3.06. The number of imidazole rings is 1. The van der Waals surface area contributed by atoms with E-state index in [1.54, 1.807) is 85.9 Å². The monoisotopic (exact) mass is 438 g/mol. The van der Waals surface area contributed by atoms with E-state index in [1.807, 2.05) is 0 Å². The third-order valence-corrected chi connectivity index (χ3v) is 5.50. The minimum Gasteiger partial charge on any atom is -0.322 e. The third kappa shape index (κ3) is 3.43. The molecule has 3 aromatic carbocycles. The van der Waals surface area contributed by atoms with Gasteiger partial charge in [0.05, 0.1) is 22.5 Å². The van der Waals surface area contributed by atoms with E-state index in [0.717, 1.165) is 10.6 Å².